The van der Waals surface area contributed by atoms with Crippen LogP contribution in [0.3, 0.4) is 0 Å². The number of hydrogen-bond donors (Lipinski definition) is 2. The van der Waals surface area contributed by atoms with Crippen molar-refractivity contribution < 1.29 is 14.7 Å². The lowest BCUT2D eigenvalue weighted by Gasteiger charge is -2.23. The van der Waals surface area contributed by atoms with Crippen molar-refractivity contribution in [3.63, 3.8) is 0 Å². The summed E-state index contributed by atoms with van der Waals surface area (Å²) < 4.78 is 0. The molecule has 5 nitrogen and oxygen atoms in total. The monoisotopic (exact) mass is 304 g/mol. The van der Waals surface area contributed by atoms with Crippen LogP contribution in [0, 0.1) is 0 Å². The van der Waals surface area contributed by atoms with Gasteiger partial charge in [-0.3, -0.25) is 4.79 Å². The summed E-state index contributed by atoms with van der Waals surface area (Å²) in [6.45, 7) is 3.77. The molecule has 0 aliphatic heterocycles. The number of carboxylic acid groups (broad SMARTS) is 1. The number of hydrogen-bond acceptors (Lipinski definition) is 4. The van der Waals surface area contributed by atoms with Crippen molar-refractivity contribution >= 4 is 23.2 Å². The molecule has 0 aliphatic rings. The Kier molecular flexibility index (Phi) is 4.37. The highest BCUT2D eigenvalue weighted by atomic mass is 32.1. The number of carboxylic acids is 1. The van der Waals surface area contributed by atoms with Crippen LogP contribution in [0.2, 0.25) is 0 Å². The van der Waals surface area contributed by atoms with E-state index in [-0.39, 0.29) is 17.9 Å². The summed E-state index contributed by atoms with van der Waals surface area (Å²) in [5.41, 5.74) is 0.303. The van der Waals surface area contributed by atoms with Gasteiger partial charge in [0.1, 0.15) is 5.01 Å². The van der Waals surface area contributed by atoms with Gasteiger partial charge in [-0.05, 0) is 31.5 Å². The Morgan fingerprint density at radius 2 is 2.14 bits per heavy atom. The fraction of sp³-hybridized carbons (Fsp3) is 0.267. The molecule has 0 fully saturated rings. The van der Waals surface area contributed by atoms with Crippen molar-refractivity contribution in [3.05, 3.63) is 52.0 Å². The van der Waals surface area contributed by atoms with E-state index in [2.05, 4.69) is 10.3 Å². The van der Waals surface area contributed by atoms with Gasteiger partial charge in [-0.25, -0.2) is 9.78 Å². The van der Waals surface area contributed by atoms with Gasteiger partial charge in [0.2, 0.25) is 5.91 Å². The van der Waals surface area contributed by atoms with Crippen LogP contribution in [0.15, 0.2) is 35.8 Å². The Bertz CT molecular complexity index is 651. The number of amides is 1. The van der Waals surface area contributed by atoms with Crippen LogP contribution in [-0.4, -0.2) is 22.0 Å². The van der Waals surface area contributed by atoms with E-state index in [0.29, 0.717) is 5.56 Å². The Morgan fingerprint density at radius 1 is 1.38 bits per heavy atom. The summed E-state index contributed by atoms with van der Waals surface area (Å²) in [5, 5.41) is 14.6. The lowest BCUT2D eigenvalue weighted by molar-refractivity contribution is -0.122. The highest BCUT2D eigenvalue weighted by Gasteiger charge is 2.25. The summed E-state index contributed by atoms with van der Waals surface area (Å²) >= 11 is 1.48. The smallest absolute Gasteiger partial charge is 0.335 e. The number of nitrogens with zero attached hydrogens (tertiary/aromatic N) is 1. The van der Waals surface area contributed by atoms with Gasteiger partial charge in [0.15, 0.2) is 0 Å². The van der Waals surface area contributed by atoms with Gasteiger partial charge in [0.25, 0.3) is 0 Å². The van der Waals surface area contributed by atoms with Crippen LogP contribution in [0.4, 0.5) is 0 Å². The zero-order valence-electron chi connectivity index (χ0n) is 11.8. The number of nitrogens with one attached hydrogen (secondary N) is 1. The van der Waals surface area contributed by atoms with Crippen molar-refractivity contribution in [1.82, 2.24) is 10.3 Å². The van der Waals surface area contributed by atoms with Gasteiger partial charge in [0, 0.05) is 11.6 Å². The normalized spacial score (nSPS) is 11.1. The SMILES string of the molecule is CC(C)(NC(=O)Cc1cccc(C(=O)O)c1)c1nccs1. The van der Waals surface area contributed by atoms with Gasteiger partial charge < -0.3 is 10.4 Å². The summed E-state index contributed by atoms with van der Waals surface area (Å²) in [4.78, 5) is 27.2. The molecule has 0 radical (unpaired) electrons. The van der Waals surface area contributed by atoms with Gasteiger partial charge in [-0.1, -0.05) is 12.1 Å². The van der Waals surface area contributed by atoms with Crippen LogP contribution >= 0.6 is 11.3 Å². The topological polar surface area (TPSA) is 79.3 Å². The van der Waals surface area contributed by atoms with Crippen molar-refractivity contribution in [3.8, 4) is 0 Å². The molecular formula is C15H16N2O3S. The molecular weight excluding hydrogens is 288 g/mol. The Morgan fingerprint density at radius 3 is 2.76 bits per heavy atom. The van der Waals surface area contributed by atoms with Crippen molar-refractivity contribution in [2.75, 3.05) is 0 Å². The van der Waals surface area contributed by atoms with Gasteiger partial charge in [-0.15, -0.1) is 11.3 Å². The second kappa shape index (κ2) is 6.05. The van der Waals surface area contributed by atoms with Crippen molar-refractivity contribution in [1.29, 1.82) is 0 Å². The molecule has 2 rings (SSSR count). The first kappa shape index (κ1) is 15.2. The number of carbonyl (C=O) groups is 2. The molecule has 6 heteroatoms. The lowest BCUT2D eigenvalue weighted by atomic mass is 10.0. The average Bonchev–Trinajstić information content (AvgIpc) is 2.92. The van der Waals surface area contributed by atoms with E-state index in [0.717, 1.165) is 5.01 Å². The number of rotatable bonds is 5. The molecule has 1 aromatic carbocycles. The first-order valence-electron chi connectivity index (χ1n) is 6.42. The van der Waals surface area contributed by atoms with E-state index in [1.54, 1.807) is 18.3 Å². The molecule has 0 bridgehead atoms. The zero-order valence-corrected chi connectivity index (χ0v) is 12.6. The summed E-state index contributed by atoms with van der Waals surface area (Å²) in [5.74, 6) is -1.17. The third kappa shape index (κ3) is 3.88. The third-order valence-corrected chi connectivity index (χ3v) is 4.05. The second-order valence-electron chi connectivity index (χ2n) is 5.19. The molecule has 0 aliphatic carbocycles. The van der Waals surface area contributed by atoms with Gasteiger partial charge >= 0.3 is 5.97 Å². The number of thiazole rings is 1. The molecule has 2 N–H and O–H groups in total. The average molecular weight is 304 g/mol. The molecule has 110 valence electrons. The Hall–Kier alpha value is -2.21. The fourth-order valence-electron chi connectivity index (χ4n) is 1.98. The maximum atomic E-state index is 12.1. The van der Waals surface area contributed by atoms with E-state index >= 15 is 0 Å². The first-order chi connectivity index (χ1) is 9.88. The van der Waals surface area contributed by atoms with Crippen LogP contribution in [0.5, 0.6) is 0 Å². The van der Waals surface area contributed by atoms with Crippen molar-refractivity contribution in [2.24, 2.45) is 0 Å². The van der Waals surface area contributed by atoms with Crippen LogP contribution in [0.25, 0.3) is 0 Å². The predicted molar refractivity (Wildman–Crippen MR) is 80.4 cm³/mol. The fourth-order valence-corrected chi connectivity index (χ4v) is 2.70. The number of carbonyl (C=O) groups excluding carboxylic acids is 1. The number of aromatic nitrogens is 1. The first-order valence-corrected chi connectivity index (χ1v) is 7.29. The van der Waals surface area contributed by atoms with Crippen LogP contribution in [0.1, 0.15) is 34.8 Å². The zero-order chi connectivity index (χ0) is 15.5. The minimum atomic E-state index is -1.000. The molecule has 1 amide bonds. The summed E-state index contributed by atoms with van der Waals surface area (Å²) in [6, 6.07) is 6.39. The number of benzene rings is 1. The van der Waals surface area contributed by atoms with Crippen LogP contribution in [-0.2, 0) is 16.8 Å². The maximum absolute atomic E-state index is 12.1. The number of aromatic carboxylic acids is 1. The van der Waals surface area contributed by atoms with Crippen molar-refractivity contribution in [2.45, 2.75) is 25.8 Å². The minimum absolute atomic E-state index is 0.135. The molecule has 0 saturated heterocycles. The minimum Gasteiger partial charge on any atom is -0.478 e. The van der Waals surface area contributed by atoms with Crippen LogP contribution < -0.4 is 5.32 Å². The standard InChI is InChI=1S/C15H16N2O3S/c1-15(2,14-16-6-7-21-14)17-12(18)9-10-4-3-5-11(8-10)13(19)20/h3-8H,9H2,1-2H3,(H,17,18)(H,19,20). The van der Waals surface area contributed by atoms with E-state index in [1.807, 2.05) is 19.2 Å². The molecule has 2 aromatic rings. The maximum Gasteiger partial charge on any atom is 0.335 e. The molecule has 21 heavy (non-hydrogen) atoms. The molecule has 1 aromatic heterocycles. The molecule has 0 spiro atoms. The highest BCUT2D eigenvalue weighted by Crippen LogP contribution is 2.22. The van der Waals surface area contributed by atoms with E-state index < -0.39 is 11.5 Å². The quantitative estimate of drug-likeness (QED) is 0.889. The lowest BCUT2D eigenvalue weighted by Crippen LogP contribution is -2.41. The van der Waals surface area contributed by atoms with E-state index in [1.165, 1.54) is 23.5 Å². The molecule has 0 unspecified atom stereocenters. The Labute approximate surface area is 126 Å². The van der Waals surface area contributed by atoms with E-state index in [4.69, 9.17) is 5.11 Å². The second-order valence-corrected chi connectivity index (χ2v) is 6.09. The van der Waals surface area contributed by atoms with Gasteiger partial charge in [-0.2, -0.15) is 0 Å². The molecule has 0 saturated carbocycles. The van der Waals surface area contributed by atoms with E-state index in [9.17, 15) is 9.59 Å². The highest BCUT2D eigenvalue weighted by molar-refractivity contribution is 7.09. The predicted octanol–water partition coefficient (Wildman–Crippen LogP) is 2.44. The summed E-state index contributed by atoms with van der Waals surface area (Å²) in [6.07, 6.45) is 1.83. The molecule has 0 atom stereocenters. The third-order valence-electron chi connectivity index (χ3n) is 2.96. The largest absolute Gasteiger partial charge is 0.478 e. The Balaban J connectivity index is 2.05. The van der Waals surface area contributed by atoms with Gasteiger partial charge in [0.05, 0.1) is 17.5 Å². The summed E-state index contributed by atoms with van der Waals surface area (Å²) in [7, 11) is 0. The molecule has 1 heterocycles.